The topological polar surface area (TPSA) is 228 Å². The first-order valence-electron chi connectivity index (χ1n) is 17.4. The summed E-state index contributed by atoms with van der Waals surface area (Å²) in [5.74, 6) is -2.92. The molecule has 6 rings (SSSR count). The molecule has 6 aromatic rings. The Bertz CT molecular complexity index is 2820. The fraction of sp³-hybridized carbons (Fsp3) is 0.179. The molecule has 3 heterocycles. The molecule has 310 valence electrons. The second kappa shape index (κ2) is 18.1. The quantitative estimate of drug-likeness (QED) is 0.126. The van der Waals surface area contributed by atoms with Crippen LogP contribution in [0.15, 0.2) is 130 Å². The Morgan fingerprint density at radius 3 is 1.81 bits per heavy atom. The van der Waals surface area contributed by atoms with E-state index in [4.69, 9.17) is 4.74 Å². The lowest BCUT2D eigenvalue weighted by atomic mass is 10.2. The van der Waals surface area contributed by atoms with Crippen LogP contribution in [0, 0.1) is 6.92 Å². The fourth-order valence-electron chi connectivity index (χ4n) is 5.62. The highest BCUT2D eigenvalue weighted by atomic mass is 32.2. The van der Waals surface area contributed by atoms with Crippen molar-refractivity contribution in [2.24, 2.45) is 0 Å². The van der Waals surface area contributed by atoms with Crippen molar-refractivity contribution in [3.8, 4) is 5.75 Å². The van der Waals surface area contributed by atoms with Crippen molar-refractivity contribution in [1.29, 1.82) is 0 Å². The third kappa shape index (κ3) is 9.20. The molecule has 3 aromatic heterocycles. The number of methoxy groups -OCH3 is 2. The van der Waals surface area contributed by atoms with Crippen molar-refractivity contribution < 1.29 is 59.0 Å². The zero-order chi connectivity index (χ0) is 43.1. The van der Waals surface area contributed by atoms with Crippen LogP contribution in [-0.2, 0) is 55.6 Å². The zero-order valence-corrected chi connectivity index (χ0v) is 34.4. The minimum Gasteiger partial charge on any atom is -0.505 e. The third-order valence-corrected chi connectivity index (χ3v) is 13.9. The maximum Gasteiger partial charge on any atom is 0.360 e. The monoisotopic (exact) mass is 866 g/mol. The fourth-order valence-corrected chi connectivity index (χ4v) is 9.71. The molecule has 59 heavy (non-hydrogen) atoms. The number of aryl methyl sites for hydroxylation is 1. The molecule has 0 saturated carbocycles. The predicted octanol–water partition coefficient (Wildman–Crippen LogP) is 4.34. The molecule has 0 atom stereocenters. The summed E-state index contributed by atoms with van der Waals surface area (Å²) >= 11 is 0. The molecule has 0 aliphatic carbocycles. The van der Waals surface area contributed by atoms with E-state index >= 15 is 0 Å². The van der Waals surface area contributed by atoms with Gasteiger partial charge in [-0.2, -0.15) is 4.31 Å². The number of ether oxygens (including phenoxy) is 3. The standard InChI is InChI=1S/C24H26N2O8S2.C15H12N2O5S/c1-4-34-24(28)21-14-15-26(36(31,32)19-8-6-5-7-9-19)22(21)16-25(17-23(27)33-3)35(29,30)20-12-10-18(2)11-13-20;1-22-15(19)13-14(18)11-7-8-17(12(11)9-16-13)23(20,21)10-5-3-2-4-6-10/h5-15H,4,16-17H2,1-3H3;2-9,18H,1H3. The van der Waals surface area contributed by atoms with Gasteiger partial charge in [-0.05, 0) is 62.4 Å². The van der Waals surface area contributed by atoms with E-state index in [1.165, 1.54) is 80.2 Å². The van der Waals surface area contributed by atoms with Crippen molar-refractivity contribution in [3.05, 3.63) is 138 Å². The molecule has 0 aliphatic rings. The van der Waals surface area contributed by atoms with Gasteiger partial charge in [0.1, 0.15) is 6.54 Å². The van der Waals surface area contributed by atoms with E-state index in [1.54, 1.807) is 50.2 Å². The molecular formula is C39H38N4O13S3. The minimum absolute atomic E-state index is 0.0163. The van der Waals surface area contributed by atoms with E-state index in [1.807, 2.05) is 0 Å². The number of nitrogens with zero attached hydrogens (tertiary/aromatic N) is 4. The number of hydrogen-bond donors (Lipinski definition) is 1. The van der Waals surface area contributed by atoms with Gasteiger partial charge >= 0.3 is 17.9 Å². The first kappa shape index (κ1) is 43.8. The maximum atomic E-state index is 13.5. The van der Waals surface area contributed by atoms with Crippen LogP contribution < -0.4 is 0 Å². The average Bonchev–Trinajstić information content (AvgIpc) is 3.88. The molecule has 0 aliphatic heterocycles. The molecule has 20 heteroatoms. The third-order valence-electron chi connectivity index (χ3n) is 8.63. The lowest BCUT2D eigenvalue weighted by Crippen LogP contribution is -2.37. The van der Waals surface area contributed by atoms with Gasteiger partial charge in [0, 0.05) is 17.8 Å². The largest absolute Gasteiger partial charge is 0.505 e. The average molecular weight is 867 g/mol. The molecule has 17 nitrogen and oxygen atoms in total. The SMILES string of the molecule is CCOC(=O)c1ccn(S(=O)(=O)c2ccccc2)c1CN(CC(=O)OC)S(=O)(=O)c1ccc(C)cc1.COC(=O)c1ncc2c(ccn2S(=O)(=O)c2ccccc2)c1O. The number of carbonyl (C=O) groups is 3. The van der Waals surface area contributed by atoms with Gasteiger partial charge in [-0.1, -0.05) is 54.1 Å². The van der Waals surface area contributed by atoms with Crippen LogP contribution in [0.4, 0.5) is 0 Å². The van der Waals surface area contributed by atoms with E-state index in [9.17, 15) is 44.7 Å². The van der Waals surface area contributed by atoms with Crippen LogP contribution in [0.2, 0.25) is 0 Å². The summed E-state index contributed by atoms with van der Waals surface area (Å²) in [5.41, 5.74) is 0.386. The maximum absolute atomic E-state index is 13.5. The Morgan fingerprint density at radius 1 is 0.712 bits per heavy atom. The van der Waals surface area contributed by atoms with E-state index in [2.05, 4.69) is 14.5 Å². The summed E-state index contributed by atoms with van der Waals surface area (Å²) in [5, 5.41) is 10.3. The molecule has 0 bridgehead atoms. The number of fused-ring (bicyclic) bond motifs is 1. The van der Waals surface area contributed by atoms with Gasteiger partial charge in [-0.3, -0.25) is 4.79 Å². The Labute approximate surface area is 340 Å². The summed E-state index contributed by atoms with van der Waals surface area (Å²) in [6.45, 7) is 2.04. The van der Waals surface area contributed by atoms with Crippen molar-refractivity contribution in [1.82, 2.24) is 17.2 Å². The molecule has 0 amide bonds. The van der Waals surface area contributed by atoms with Gasteiger partial charge in [-0.25, -0.2) is 47.8 Å². The first-order chi connectivity index (χ1) is 28.0. The Hall–Kier alpha value is -6.35. The number of sulfonamides is 1. The van der Waals surface area contributed by atoms with E-state index in [0.29, 0.717) is 0 Å². The Balaban J connectivity index is 0.000000246. The number of esters is 3. The summed E-state index contributed by atoms with van der Waals surface area (Å²) in [7, 11) is -10.1. The van der Waals surface area contributed by atoms with Gasteiger partial charge in [0.2, 0.25) is 10.0 Å². The summed E-state index contributed by atoms with van der Waals surface area (Å²) in [4.78, 5) is 40.1. The van der Waals surface area contributed by atoms with Gasteiger partial charge in [0.25, 0.3) is 20.0 Å². The minimum atomic E-state index is -4.31. The van der Waals surface area contributed by atoms with Gasteiger partial charge in [0.05, 0.1) is 65.0 Å². The van der Waals surface area contributed by atoms with E-state index in [0.717, 1.165) is 31.1 Å². The van der Waals surface area contributed by atoms with Crippen LogP contribution in [0.3, 0.4) is 0 Å². The number of aromatic nitrogens is 3. The molecule has 3 aromatic carbocycles. The number of hydrogen-bond acceptors (Lipinski definition) is 14. The van der Waals surface area contributed by atoms with Crippen LogP contribution >= 0.6 is 0 Å². The molecular weight excluding hydrogens is 829 g/mol. The number of pyridine rings is 1. The van der Waals surface area contributed by atoms with Gasteiger partial charge in [0.15, 0.2) is 11.4 Å². The number of rotatable bonds is 13. The van der Waals surface area contributed by atoms with Crippen molar-refractivity contribution in [2.45, 2.75) is 35.1 Å². The number of carbonyl (C=O) groups excluding carboxylic acids is 3. The number of aromatic hydroxyl groups is 1. The Morgan fingerprint density at radius 2 is 1.27 bits per heavy atom. The Kier molecular flexibility index (Phi) is 13.4. The smallest absolute Gasteiger partial charge is 0.360 e. The predicted molar refractivity (Wildman–Crippen MR) is 212 cm³/mol. The van der Waals surface area contributed by atoms with Crippen LogP contribution in [-0.4, -0.2) is 92.9 Å². The second-order valence-electron chi connectivity index (χ2n) is 12.3. The lowest BCUT2D eigenvalue weighted by molar-refractivity contribution is -0.140. The van der Waals surface area contributed by atoms with Crippen LogP contribution in [0.1, 0.15) is 39.0 Å². The van der Waals surface area contributed by atoms with Crippen molar-refractivity contribution in [3.63, 3.8) is 0 Å². The van der Waals surface area contributed by atoms with Crippen molar-refractivity contribution in [2.75, 3.05) is 27.4 Å². The highest BCUT2D eigenvalue weighted by molar-refractivity contribution is 7.90. The number of benzene rings is 3. The van der Waals surface area contributed by atoms with Crippen LogP contribution in [0.25, 0.3) is 10.9 Å². The molecule has 0 spiro atoms. The van der Waals surface area contributed by atoms with E-state index in [-0.39, 0.29) is 49.1 Å². The normalized spacial score (nSPS) is 11.7. The molecule has 0 saturated heterocycles. The summed E-state index contributed by atoms with van der Waals surface area (Å²) in [6.07, 6.45) is 3.66. The first-order valence-corrected chi connectivity index (χ1v) is 21.7. The zero-order valence-electron chi connectivity index (χ0n) is 32.0. The molecule has 0 radical (unpaired) electrons. The molecule has 0 fully saturated rings. The van der Waals surface area contributed by atoms with Gasteiger partial charge < -0.3 is 19.3 Å². The highest BCUT2D eigenvalue weighted by Crippen LogP contribution is 2.31. The summed E-state index contributed by atoms with van der Waals surface area (Å²) < 4.78 is 96.0. The highest BCUT2D eigenvalue weighted by Gasteiger charge is 2.33. The van der Waals surface area contributed by atoms with Crippen molar-refractivity contribution >= 4 is 58.9 Å². The van der Waals surface area contributed by atoms with E-state index < -0.39 is 66.8 Å². The van der Waals surface area contributed by atoms with Gasteiger partial charge in [-0.15, -0.1) is 0 Å². The molecule has 0 unspecified atom stereocenters. The second-order valence-corrected chi connectivity index (χ2v) is 17.9. The summed E-state index contributed by atoms with van der Waals surface area (Å²) in [6, 6.07) is 23.9. The molecule has 1 N–H and O–H groups in total. The van der Waals surface area contributed by atoms with Crippen LogP contribution in [0.5, 0.6) is 5.75 Å². The lowest BCUT2D eigenvalue weighted by Gasteiger charge is -2.23.